The molecule has 0 spiro atoms. The molecule has 2 rings (SSSR count). The number of halogens is 1. The first kappa shape index (κ1) is 22.3. The molecule has 1 heterocycles. The monoisotopic (exact) mass is 473 g/mol. The van der Waals surface area contributed by atoms with E-state index in [4.69, 9.17) is 9.15 Å². The Morgan fingerprint density at radius 1 is 1.31 bits per heavy atom. The molecule has 0 bridgehead atoms. The number of hydrogen-bond acceptors (Lipinski definition) is 4. The van der Waals surface area contributed by atoms with Crippen LogP contribution in [0, 0.1) is 6.92 Å². The molecular weight excluding hydrogens is 445 g/mol. The van der Waals surface area contributed by atoms with E-state index in [0.717, 1.165) is 30.8 Å². The molecule has 7 heteroatoms. The van der Waals surface area contributed by atoms with Crippen molar-refractivity contribution in [2.75, 3.05) is 26.7 Å². The van der Waals surface area contributed by atoms with Crippen molar-refractivity contribution in [3.8, 4) is 5.75 Å². The molecule has 0 aliphatic rings. The number of aliphatic hydroxyl groups is 1. The van der Waals surface area contributed by atoms with E-state index in [1.807, 2.05) is 13.8 Å². The summed E-state index contributed by atoms with van der Waals surface area (Å²) in [7, 11) is 1.69. The molecule has 1 atom stereocenters. The van der Waals surface area contributed by atoms with Gasteiger partial charge in [0.15, 0.2) is 5.96 Å². The van der Waals surface area contributed by atoms with Crippen LogP contribution in [-0.4, -0.2) is 37.8 Å². The first-order valence-electron chi connectivity index (χ1n) is 8.51. The maximum atomic E-state index is 10.0. The Morgan fingerprint density at radius 3 is 2.77 bits per heavy atom. The molecule has 1 aromatic heterocycles. The number of nitrogens with one attached hydrogen (secondary N) is 2. The Morgan fingerprint density at radius 2 is 2.12 bits per heavy atom. The highest BCUT2D eigenvalue weighted by atomic mass is 127. The molecule has 0 saturated heterocycles. The molecule has 0 aliphatic heterocycles. The van der Waals surface area contributed by atoms with E-state index in [1.54, 1.807) is 25.5 Å². The van der Waals surface area contributed by atoms with Crippen molar-refractivity contribution < 1.29 is 14.3 Å². The number of methoxy groups -OCH3 is 1. The average Bonchev–Trinajstić information content (AvgIpc) is 3.15. The van der Waals surface area contributed by atoms with Gasteiger partial charge in [0.1, 0.15) is 17.6 Å². The van der Waals surface area contributed by atoms with Crippen molar-refractivity contribution in [3.63, 3.8) is 0 Å². The predicted octanol–water partition coefficient (Wildman–Crippen LogP) is 3.05. The van der Waals surface area contributed by atoms with Crippen molar-refractivity contribution in [1.29, 1.82) is 0 Å². The summed E-state index contributed by atoms with van der Waals surface area (Å²) in [5.74, 6) is 2.10. The minimum absolute atomic E-state index is 0. The largest absolute Gasteiger partial charge is 0.496 e. The Labute approximate surface area is 172 Å². The van der Waals surface area contributed by atoms with Gasteiger partial charge in [-0.3, -0.25) is 4.99 Å². The molecule has 3 N–H and O–H groups in total. The summed E-state index contributed by atoms with van der Waals surface area (Å²) >= 11 is 0. The number of rotatable bonds is 8. The fraction of sp³-hybridized carbons (Fsp3) is 0.421. The van der Waals surface area contributed by atoms with Crippen LogP contribution in [0.2, 0.25) is 0 Å². The molecule has 0 saturated carbocycles. The van der Waals surface area contributed by atoms with Crippen molar-refractivity contribution in [1.82, 2.24) is 10.6 Å². The Hall–Kier alpha value is -1.74. The van der Waals surface area contributed by atoms with Crippen LogP contribution in [0.15, 0.2) is 46.0 Å². The first-order chi connectivity index (χ1) is 12.1. The maximum absolute atomic E-state index is 10.0. The summed E-state index contributed by atoms with van der Waals surface area (Å²) in [5.41, 5.74) is 2.32. The second-order valence-corrected chi connectivity index (χ2v) is 5.73. The minimum atomic E-state index is -0.744. The zero-order chi connectivity index (χ0) is 18.1. The van der Waals surface area contributed by atoms with Crippen LogP contribution in [0.25, 0.3) is 0 Å². The zero-order valence-electron chi connectivity index (χ0n) is 15.5. The highest BCUT2D eigenvalue weighted by Gasteiger charge is 2.10. The van der Waals surface area contributed by atoms with E-state index in [9.17, 15) is 5.11 Å². The third-order valence-electron chi connectivity index (χ3n) is 3.82. The molecule has 0 amide bonds. The van der Waals surface area contributed by atoms with E-state index in [1.165, 1.54) is 5.56 Å². The van der Waals surface area contributed by atoms with Crippen LogP contribution in [-0.2, 0) is 6.42 Å². The molecule has 26 heavy (non-hydrogen) atoms. The van der Waals surface area contributed by atoms with Gasteiger partial charge in [-0.05, 0) is 49.6 Å². The number of hydrogen-bond donors (Lipinski definition) is 3. The lowest BCUT2D eigenvalue weighted by molar-refractivity contribution is 0.158. The van der Waals surface area contributed by atoms with Crippen molar-refractivity contribution >= 4 is 29.9 Å². The van der Waals surface area contributed by atoms with E-state index in [0.29, 0.717) is 11.7 Å². The van der Waals surface area contributed by atoms with Crippen LogP contribution in [0.3, 0.4) is 0 Å². The van der Waals surface area contributed by atoms with Crippen molar-refractivity contribution in [2.24, 2.45) is 4.99 Å². The summed E-state index contributed by atoms with van der Waals surface area (Å²) in [6.45, 7) is 5.75. The number of ether oxygens (including phenoxy) is 1. The van der Waals surface area contributed by atoms with Crippen LogP contribution >= 0.6 is 24.0 Å². The van der Waals surface area contributed by atoms with Gasteiger partial charge in [0.05, 0.1) is 19.9 Å². The SMILES string of the molecule is CCNC(=NCC(O)c1ccco1)NCCc1ccc(C)c(OC)c1.I. The number of guanidine groups is 1. The number of furan rings is 1. The molecular formula is C19H28IN3O3. The fourth-order valence-corrected chi connectivity index (χ4v) is 2.44. The zero-order valence-corrected chi connectivity index (χ0v) is 17.8. The second-order valence-electron chi connectivity index (χ2n) is 5.73. The van der Waals surface area contributed by atoms with E-state index < -0.39 is 6.10 Å². The molecule has 1 aromatic carbocycles. The average molecular weight is 473 g/mol. The summed E-state index contributed by atoms with van der Waals surface area (Å²) in [6, 6.07) is 9.71. The topological polar surface area (TPSA) is 79.0 Å². The summed E-state index contributed by atoms with van der Waals surface area (Å²) < 4.78 is 10.5. The number of aryl methyl sites for hydroxylation is 1. The van der Waals surface area contributed by atoms with Crippen molar-refractivity contribution in [3.05, 3.63) is 53.5 Å². The third kappa shape index (κ3) is 6.87. The standard InChI is InChI=1S/C19H27N3O3.HI/c1-4-20-19(22-13-16(23)17-6-5-11-25-17)21-10-9-15-8-7-14(2)18(12-15)24-3;/h5-8,11-12,16,23H,4,9-10,13H2,1-3H3,(H2,20,21,22);1H. The van der Waals surface area contributed by atoms with Gasteiger partial charge in [0.25, 0.3) is 0 Å². The quantitative estimate of drug-likeness (QED) is 0.312. The maximum Gasteiger partial charge on any atom is 0.191 e. The number of aliphatic imine (C=N–C) groups is 1. The first-order valence-corrected chi connectivity index (χ1v) is 8.51. The Balaban J connectivity index is 0.00000338. The number of aliphatic hydroxyl groups excluding tert-OH is 1. The van der Waals surface area contributed by atoms with E-state index >= 15 is 0 Å². The van der Waals surface area contributed by atoms with Gasteiger partial charge in [-0.1, -0.05) is 12.1 Å². The molecule has 0 aliphatic carbocycles. The van der Waals surface area contributed by atoms with Gasteiger partial charge >= 0.3 is 0 Å². The summed E-state index contributed by atoms with van der Waals surface area (Å²) in [4.78, 5) is 4.41. The van der Waals surface area contributed by atoms with Crippen LogP contribution in [0.1, 0.15) is 29.9 Å². The fourth-order valence-electron chi connectivity index (χ4n) is 2.44. The second kappa shape index (κ2) is 11.8. The van der Waals surface area contributed by atoms with Gasteiger partial charge in [-0.2, -0.15) is 0 Å². The lowest BCUT2D eigenvalue weighted by atomic mass is 10.1. The normalized spacial score (nSPS) is 12.2. The van der Waals surface area contributed by atoms with Crippen LogP contribution < -0.4 is 15.4 Å². The summed E-state index contributed by atoms with van der Waals surface area (Å²) in [6.07, 6.45) is 1.65. The smallest absolute Gasteiger partial charge is 0.191 e. The molecule has 144 valence electrons. The van der Waals surface area contributed by atoms with Crippen LogP contribution in [0.5, 0.6) is 5.75 Å². The van der Waals surface area contributed by atoms with E-state index in [-0.39, 0.29) is 30.5 Å². The minimum Gasteiger partial charge on any atom is -0.496 e. The highest BCUT2D eigenvalue weighted by Crippen LogP contribution is 2.19. The lowest BCUT2D eigenvalue weighted by Gasteiger charge is -2.13. The molecule has 0 radical (unpaired) electrons. The molecule has 2 aromatic rings. The predicted molar refractivity (Wildman–Crippen MR) is 114 cm³/mol. The number of benzene rings is 1. The molecule has 1 unspecified atom stereocenters. The van der Waals surface area contributed by atoms with Gasteiger partial charge in [-0.25, -0.2) is 0 Å². The van der Waals surface area contributed by atoms with Gasteiger partial charge in [-0.15, -0.1) is 24.0 Å². The lowest BCUT2D eigenvalue weighted by Crippen LogP contribution is -2.38. The molecule has 6 nitrogen and oxygen atoms in total. The summed E-state index contributed by atoms with van der Waals surface area (Å²) in [5, 5.41) is 16.5. The Kier molecular flexibility index (Phi) is 10.1. The van der Waals surface area contributed by atoms with Gasteiger partial charge < -0.3 is 24.9 Å². The van der Waals surface area contributed by atoms with E-state index in [2.05, 4.69) is 33.8 Å². The Bertz CT molecular complexity index is 675. The van der Waals surface area contributed by atoms with Gasteiger partial charge in [0, 0.05) is 13.1 Å². The van der Waals surface area contributed by atoms with Crippen LogP contribution in [0.4, 0.5) is 0 Å². The van der Waals surface area contributed by atoms with Gasteiger partial charge in [0.2, 0.25) is 0 Å². The highest BCUT2D eigenvalue weighted by molar-refractivity contribution is 14.0. The molecule has 0 fully saturated rings. The number of nitrogens with zero attached hydrogens (tertiary/aromatic N) is 1. The van der Waals surface area contributed by atoms with Crippen molar-refractivity contribution in [2.45, 2.75) is 26.4 Å². The third-order valence-corrected chi connectivity index (χ3v) is 3.82.